The number of ketones is 1. The average Bonchev–Trinajstić information content (AvgIpc) is 3.71. The molecule has 2 aliphatic rings. The van der Waals surface area contributed by atoms with Crippen molar-refractivity contribution in [1.29, 1.82) is 0 Å². The number of anilines is 1. The highest BCUT2D eigenvalue weighted by molar-refractivity contribution is 6.32. The molecule has 1 heterocycles. The Bertz CT molecular complexity index is 1280. The number of hydrazine groups is 1. The molecule has 0 radical (unpaired) electrons. The smallest absolute Gasteiger partial charge is 0.170 e. The van der Waals surface area contributed by atoms with Gasteiger partial charge in [0.05, 0.1) is 21.8 Å². The topological polar surface area (TPSA) is 82.7 Å². The van der Waals surface area contributed by atoms with Gasteiger partial charge in [0.2, 0.25) is 0 Å². The number of carbonyl (C=O) groups is 1. The molecular formula is C28H32ClFN4O2. The molecule has 36 heavy (non-hydrogen) atoms. The van der Waals surface area contributed by atoms with Gasteiger partial charge in [0.25, 0.3) is 0 Å². The lowest BCUT2D eigenvalue weighted by Gasteiger charge is -2.35. The minimum absolute atomic E-state index is 0.0279. The first-order valence-corrected chi connectivity index (χ1v) is 12.9. The van der Waals surface area contributed by atoms with E-state index < -0.39 is 11.6 Å². The first-order chi connectivity index (χ1) is 17.2. The highest BCUT2D eigenvalue weighted by Crippen LogP contribution is 2.40. The number of phenols is 1. The molecule has 3 N–H and O–H groups in total. The fourth-order valence-electron chi connectivity index (χ4n) is 5.36. The number of nitrogens with zero attached hydrogens (tertiary/aromatic N) is 3. The first-order valence-electron chi connectivity index (χ1n) is 12.6. The summed E-state index contributed by atoms with van der Waals surface area (Å²) in [5.41, 5.74) is 3.15. The van der Waals surface area contributed by atoms with Crippen LogP contribution in [0.25, 0.3) is 22.0 Å². The van der Waals surface area contributed by atoms with Crippen molar-refractivity contribution in [3.05, 3.63) is 52.9 Å². The number of phenolic OH excluding ortho intramolecular Hbond substituents is 1. The van der Waals surface area contributed by atoms with Gasteiger partial charge < -0.3 is 15.0 Å². The van der Waals surface area contributed by atoms with Gasteiger partial charge >= 0.3 is 0 Å². The van der Waals surface area contributed by atoms with Crippen molar-refractivity contribution in [2.24, 2.45) is 17.7 Å². The molecule has 0 aliphatic heterocycles. The number of carbonyl (C=O) groups excluding carboxylic acids is 1. The summed E-state index contributed by atoms with van der Waals surface area (Å²) < 4.78 is 14.2. The molecule has 2 fully saturated rings. The van der Waals surface area contributed by atoms with Crippen LogP contribution in [0.5, 0.6) is 5.75 Å². The summed E-state index contributed by atoms with van der Waals surface area (Å²) in [7, 11) is 4.26. The summed E-state index contributed by atoms with van der Waals surface area (Å²) >= 11 is 6.04. The quantitative estimate of drug-likeness (QED) is 0.238. The van der Waals surface area contributed by atoms with Crippen LogP contribution in [0.15, 0.2) is 36.5 Å². The van der Waals surface area contributed by atoms with E-state index >= 15 is 0 Å². The van der Waals surface area contributed by atoms with Crippen LogP contribution in [0, 0.1) is 17.7 Å². The number of halogens is 2. The van der Waals surface area contributed by atoms with Crippen molar-refractivity contribution >= 4 is 34.0 Å². The zero-order valence-electron chi connectivity index (χ0n) is 20.7. The van der Waals surface area contributed by atoms with E-state index in [9.17, 15) is 14.3 Å². The van der Waals surface area contributed by atoms with Crippen molar-refractivity contribution in [1.82, 2.24) is 9.88 Å². The fourth-order valence-corrected chi connectivity index (χ4v) is 5.57. The maximum atomic E-state index is 14.2. The molecule has 0 unspecified atom stereocenters. The summed E-state index contributed by atoms with van der Waals surface area (Å²) in [6.45, 7) is 0.647. The van der Waals surface area contributed by atoms with Gasteiger partial charge in [-0.25, -0.2) is 10.2 Å². The summed E-state index contributed by atoms with van der Waals surface area (Å²) in [6.07, 6.45) is 7.87. The standard InChI is InChI=1S/C28H32ClFN4O2/c1-33(2)20-8-3-16(4-9-20)15-34(31)26-21-11-18(19-12-23(29)28(36)24(30)13-19)7-10-25(21)32-14-22(26)27(35)17-5-6-17/h7,10-14,16-17,20,36H,3-6,8-9,15,31H2,1-2H3/t16-,20-. The minimum atomic E-state index is -0.789. The Balaban J connectivity index is 1.54. The Labute approximate surface area is 215 Å². The molecule has 0 atom stereocenters. The highest BCUT2D eigenvalue weighted by atomic mass is 35.5. The predicted molar refractivity (Wildman–Crippen MR) is 142 cm³/mol. The molecule has 0 bridgehead atoms. The van der Waals surface area contributed by atoms with Crippen LogP contribution in [-0.2, 0) is 0 Å². The van der Waals surface area contributed by atoms with E-state index in [0.717, 1.165) is 43.9 Å². The Morgan fingerprint density at radius 1 is 1.11 bits per heavy atom. The summed E-state index contributed by atoms with van der Waals surface area (Å²) in [5.74, 6) is 5.91. The van der Waals surface area contributed by atoms with Crippen LogP contribution in [0.3, 0.4) is 0 Å². The molecule has 2 aromatic carbocycles. The van der Waals surface area contributed by atoms with Gasteiger partial charge in [-0.3, -0.25) is 9.78 Å². The summed E-state index contributed by atoms with van der Waals surface area (Å²) in [5, 5.41) is 12.2. The van der Waals surface area contributed by atoms with Crippen LogP contribution in [0.1, 0.15) is 48.9 Å². The van der Waals surface area contributed by atoms with E-state index in [1.807, 2.05) is 18.2 Å². The number of hydrogen-bond acceptors (Lipinski definition) is 6. The van der Waals surface area contributed by atoms with Gasteiger partial charge in [0.1, 0.15) is 0 Å². The number of aromatic nitrogens is 1. The second kappa shape index (κ2) is 9.96. The lowest BCUT2D eigenvalue weighted by Crippen LogP contribution is -2.40. The van der Waals surface area contributed by atoms with Crippen molar-refractivity contribution in [3.8, 4) is 16.9 Å². The lowest BCUT2D eigenvalue weighted by atomic mass is 9.85. The van der Waals surface area contributed by atoms with Crippen molar-refractivity contribution < 1.29 is 14.3 Å². The molecule has 2 saturated carbocycles. The van der Waals surface area contributed by atoms with Crippen LogP contribution in [-0.4, -0.2) is 47.5 Å². The molecule has 3 aromatic rings. The number of benzene rings is 2. The predicted octanol–water partition coefficient (Wildman–Crippen LogP) is 5.79. The van der Waals surface area contributed by atoms with Crippen molar-refractivity contribution in [2.75, 3.05) is 25.6 Å². The van der Waals surface area contributed by atoms with Crippen molar-refractivity contribution in [3.63, 3.8) is 0 Å². The van der Waals surface area contributed by atoms with E-state index in [4.69, 9.17) is 17.4 Å². The second-order valence-corrected chi connectivity index (χ2v) is 10.9. The van der Waals surface area contributed by atoms with Gasteiger partial charge in [0.15, 0.2) is 17.3 Å². The maximum absolute atomic E-state index is 14.2. The molecule has 190 valence electrons. The van der Waals surface area contributed by atoms with Gasteiger partial charge in [-0.1, -0.05) is 17.7 Å². The third-order valence-corrected chi connectivity index (χ3v) is 7.98. The van der Waals surface area contributed by atoms with Crippen LogP contribution in [0.4, 0.5) is 10.1 Å². The second-order valence-electron chi connectivity index (χ2n) is 10.5. The Kier molecular flexibility index (Phi) is 6.90. The molecule has 1 aromatic heterocycles. The van der Waals surface area contributed by atoms with E-state index in [0.29, 0.717) is 46.4 Å². The molecule has 0 amide bonds. The number of pyridine rings is 1. The number of Topliss-reactive ketones (excluding diaryl/α,β-unsaturated/α-hetero) is 1. The monoisotopic (exact) mass is 510 g/mol. The van der Waals surface area contributed by atoms with E-state index in [-0.39, 0.29) is 16.7 Å². The number of aromatic hydroxyl groups is 1. The lowest BCUT2D eigenvalue weighted by molar-refractivity contribution is 0.0967. The minimum Gasteiger partial charge on any atom is -0.504 e. The van der Waals surface area contributed by atoms with Gasteiger partial charge in [-0.2, -0.15) is 0 Å². The molecule has 0 saturated heterocycles. The number of fused-ring (bicyclic) bond motifs is 1. The van der Waals surface area contributed by atoms with Crippen LogP contribution < -0.4 is 10.9 Å². The van der Waals surface area contributed by atoms with E-state index in [2.05, 4.69) is 24.0 Å². The molecule has 2 aliphatic carbocycles. The average molecular weight is 511 g/mol. The maximum Gasteiger partial charge on any atom is 0.170 e. The van der Waals surface area contributed by atoms with E-state index in [1.54, 1.807) is 11.2 Å². The number of nitrogens with two attached hydrogens (primary N) is 1. The zero-order valence-corrected chi connectivity index (χ0v) is 21.4. The highest BCUT2D eigenvalue weighted by Gasteiger charge is 2.34. The Morgan fingerprint density at radius 3 is 2.47 bits per heavy atom. The largest absolute Gasteiger partial charge is 0.504 e. The number of rotatable bonds is 7. The first kappa shape index (κ1) is 24.9. The Morgan fingerprint density at radius 2 is 1.83 bits per heavy atom. The Hall–Kier alpha value is -2.74. The van der Waals surface area contributed by atoms with Crippen LogP contribution in [0.2, 0.25) is 5.02 Å². The van der Waals surface area contributed by atoms with Gasteiger partial charge in [-0.05, 0) is 93.9 Å². The SMILES string of the molecule is CN(C)[C@H]1CC[C@H](CN(N)c2c(C(=O)C3CC3)cnc3ccc(-c4cc(F)c(O)c(Cl)c4)cc23)CC1. The molecular weight excluding hydrogens is 479 g/mol. The van der Waals surface area contributed by atoms with Crippen molar-refractivity contribution in [2.45, 2.75) is 44.6 Å². The summed E-state index contributed by atoms with van der Waals surface area (Å²) in [6, 6.07) is 8.92. The van der Waals surface area contributed by atoms with Crippen LogP contribution >= 0.6 is 11.6 Å². The van der Waals surface area contributed by atoms with Gasteiger partial charge in [0, 0.05) is 30.1 Å². The third-order valence-electron chi connectivity index (χ3n) is 7.69. The van der Waals surface area contributed by atoms with Gasteiger partial charge in [-0.15, -0.1) is 0 Å². The molecule has 0 spiro atoms. The number of hydrogen-bond donors (Lipinski definition) is 2. The molecule has 5 rings (SSSR count). The zero-order chi connectivity index (χ0) is 25.6. The molecule has 8 heteroatoms. The summed E-state index contributed by atoms with van der Waals surface area (Å²) in [4.78, 5) is 20.1. The third kappa shape index (κ3) is 4.92. The molecule has 6 nitrogen and oxygen atoms in total. The fraction of sp³-hybridized carbons (Fsp3) is 0.429. The van der Waals surface area contributed by atoms with E-state index in [1.165, 1.54) is 12.1 Å². The normalized spacial score (nSPS) is 20.2.